The van der Waals surface area contributed by atoms with Crippen LogP contribution < -0.4 is 10.6 Å². The predicted octanol–water partition coefficient (Wildman–Crippen LogP) is 3.88. The maximum Gasteiger partial charge on any atom is 0.241 e. The molecule has 0 spiro atoms. The number of hydrogen-bond donors (Lipinski definition) is 2. The van der Waals surface area contributed by atoms with Crippen molar-refractivity contribution in [2.75, 3.05) is 25.1 Å². The van der Waals surface area contributed by atoms with Gasteiger partial charge in [-0.15, -0.1) is 0 Å². The van der Waals surface area contributed by atoms with Crippen molar-refractivity contribution in [1.82, 2.24) is 5.32 Å². The van der Waals surface area contributed by atoms with Crippen molar-refractivity contribution in [3.8, 4) is 0 Å². The van der Waals surface area contributed by atoms with Crippen molar-refractivity contribution in [1.29, 1.82) is 0 Å². The molecule has 3 unspecified atom stereocenters. The van der Waals surface area contributed by atoms with E-state index in [0.717, 1.165) is 37.1 Å². The zero-order valence-electron chi connectivity index (χ0n) is 16.5. The molecule has 1 heterocycles. The van der Waals surface area contributed by atoms with E-state index in [1.54, 1.807) is 0 Å². The second-order valence-corrected chi connectivity index (χ2v) is 7.81. The molecule has 3 atom stereocenters. The minimum atomic E-state index is -0.0572. The Morgan fingerprint density at radius 3 is 2.89 bits per heavy atom. The molecule has 27 heavy (non-hydrogen) atoms. The zero-order chi connectivity index (χ0) is 18.9. The Kier molecular flexibility index (Phi) is 8.11. The molecule has 1 aromatic rings. The number of amides is 1. The summed E-state index contributed by atoms with van der Waals surface area (Å²) in [6.07, 6.45) is 8.28. The highest BCUT2D eigenvalue weighted by molar-refractivity contribution is 5.95. The molecule has 0 radical (unpaired) electrons. The Morgan fingerprint density at radius 1 is 1.19 bits per heavy atom. The molecule has 1 saturated carbocycles. The minimum Gasteiger partial charge on any atom is -0.379 e. The van der Waals surface area contributed by atoms with Gasteiger partial charge < -0.3 is 20.1 Å². The van der Waals surface area contributed by atoms with Crippen molar-refractivity contribution in [3.05, 3.63) is 29.8 Å². The van der Waals surface area contributed by atoms with E-state index in [2.05, 4.69) is 17.6 Å². The number of rotatable bonds is 10. The second-order valence-electron chi connectivity index (χ2n) is 7.81. The van der Waals surface area contributed by atoms with E-state index < -0.39 is 0 Å². The molecule has 0 aromatic heterocycles. The number of nitrogens with one attached hydrogen (secondary N) is 2. The third-order valence-corrected chi connectivity index (χ3v) is 5.66. The lowest BCUT2D eigenvalue weighted by Gasteiger charge is -2.24. The van der Waals surface area contributed by atoms with E-state index in [4.69, 9.17) is 9.47 Å². The first-order valence-electron chi connectivity index (χ1n) is 10.6. The third kappa shape index (κ3) is 6.30. The summed E-state index contributed by atoms with van der Waals surface area (Å²) in [5.41, 5.74) is 1.91. The molecule has 5 heteroatoms. The van der Waals surface area contributed by atoms with Gasteiger partial charge in [-0.05, 0) is 49.3 Å². The fraction of sp³-hybridized carbons (Fsp3) is 0.682. The molecular weight excluding hydrogens is 340 g/mol. The Morgan fingerprint density at radius 2 is 2.04 bits per heavy atom. The van der Waals surface area contributed by atoms with Crippen LogP contribution in [0.2, 0.25) is 0 Å². The molecule has 2 aliphatic rings. The van der Waals surface area contributed by atoms with Gasteiger partial charge in [0.1, 0.15) is 0 Å². The fourth-order valence-electron chi connectivity index (χ4n) is 4.15. The maximum atomic E-state index is 12.6. The highest BCUT2D eigenvalue weighted by Gasteiger charge is 2.38. The van der Waals surface area contributed by atoms with Crippen molar-refractivity contribution in [3.63, 3.8) is 0 Å². The number of hydrogen-bond acceptors (Lipinski definition) is 4. The average Bonchev–Trinajstić information content (AvgIpc) is 3.12. The Labute approximate surface area is 163 Å². The Bertz CT molecular complexity index is 579. The SMILES string of the molecule is CCCCOCCOCc1cccc(NC(=O)C2CC3CCCCC3N2)c1. The van der Waals surface area contributed by atoms with E-state index in [0.29, 0.717) is 31.8 Å². The van der Waals surface area contributed by atoms with Gasteiger partial charge in [-0.2, -0.15) is 0 Å². The summed E-state index contributed by atoms with van der Waals surface area (Å²) in [5.74, 6) is 0.764. The van der Waals surface area contributed by atoms with Crippen LogP contribution in [0.15, 0.2) is 24.3 Å². The number of carbonyl (C=O) groups excluding carboxylic acids is 1. The van der Waals surface area contributed by atoms with Crippen LogP contribution >= 0.6 is 0 Å². The molecule has 2 fully saturated rings. The minimum absolute atomic E-state index is 0.0572. The van der Waals surface area contributed by atoms with Crippen molar-refractivity contribution >= 4 is 11.6 Å². The largest absolute Gasteiger partial charge is 0.379 e. The van der Waals surface area contributed by atoms with Crippen molar-refractivity contribution < 1.29 is 14.3 Å². The summed E-state index contributed by atoms with van der Waals surface area (Å²) in [5, 5.41) is 6.62. The van der Waals surface area contributed by atoms with E-state index in [1.165, 1.54) is 25.7 Å². The van der Waals surface area contributed by atoms with Gasteiger partial charge in [-0.3, -0.25) is 4.79 Å². The van der Waals surface area contributed by atoms with E-state index in [-0.39, 0.29) is 11.9 Å². The van der Waals surface area contributed by atoms with Crippen LogP contribution in [0.5, 0.6) is 0 Å². The topological polar surface area (TPSA) is 59.6 Å². The molecule has 0 bridgehead atoms. The van der Waals surface area contributed by atoms with Gasteiger partial charge in [0.15, 0.2) is 0 Å². The fourth-order valence-corrected chi connectivity index (χ4v) is 4.15. The smallest absolute Gasteiger partial charge is 0.241 e. The second kappa shape index (κ2) is 10.8. The molecule has 1 saturated heterocycles. The first-order chi connectivity index (χ1) is 13.3. The highest BCUT2D eigenvalue weighted by Crippen LogP contribution is 2.33. The predicted molar refractivity (Wildman–Crippen MR) is 108 cm³/mol. The van der Waals surface area contributed by atoms with Crippen molar-refractivity contribution in [2.24, 2.45) is 5.92 Å². The van der Waals surface area contributed by atoms with Crippen LogP contribution in [0, 0.1) is 5.92 Å². The van der Waals surface area contributed by atoms with E-state index in [9.17, 15) is 4.79 Å². The molecular formula is C22H34N2O3. The third-order valence-electron chi connectivity index (χ3n) is 5.66. The van der Waals surface area contributed by atoms with Gasteiger partial charge in [0.05, 0.1) is 25.9 Å². The number of anilines is 1. The summed E-state index contributed by atoms with van der Waals surface area (Å²) in [4.78, 5) is 12.6. The van der Waals surface area contributed by atoms with Crippen LogP contribution in [0.4, 0.5) is 5.69 Å². The first kappa shape index (κ1) is 20.3. The van der Waals surface area contributed by atoms with Crippen LogP contribution in [-0.4, -0.2) is 37.8 Å². The van der Waals surface area contributed by atoms with Crippen LogP contribution in [0.3, 0.4) is 0 Å². The number of benzene rings is 1. The molecule has 1 amide bonds. The quantitative estimate of drug-likeness (QED) is 0.610. The van der Waals surface area contributed by atoms with Gasteiger partial charge in [0, 0.05) is 18.3 Å². The molecule has 2 N–H and O–H groups in total. The van der Waals surface area contributed by atoms with E-state index >= 15 is 0 Å². The molecule has 150 valence electrons. The van der Waals surface area contributed by atoms with Crippen LogP contribution in [0.25, 0.3) is 0 Å². The summed E-state index contributed by atoms with van der Waals surface area (Å²) < 4.78 is 11.2. The Balaban J connectivity index is 1.40. The van der Waals surface area contributed by atoms with Gasteiger partial charge in [0.2, 0.25) is 5.91 Å². The molecule has 1 aliphatic heterocycles. The summed E-state index contributed by atoms with van der Waals surface area (Å²) in [6, 6.07) is 8.41. The molecule has 5 nitrogen and oxygen atoms in total. The average molecular weight is 375 g/mol. The van der Waals surface area contributed by atoms with Crippen molar-refractivity contribution in [2.45, 2.75) is 70.6 Å². The highest BCUT2D eigenvalue weighted by atomic mass is 16.5. The van der Waals surface area contributed by atoms with Crippen LogP contribution in [0.1, 0.15) is 57.4 Å². The Hall–Kier alpha value is -1.43. The lowest BCUT2D eigenvalue weighted by atomic mass is 9.85. The number of unbranched alkanes of at least 4 members (excludes halogenated alkanes) is 1. The number of fused-ring (bicyclic) bond motifs is 1. The van der Waals surface area contributed by atoms with Gasteiger partial charge in [0.25, 0.3) is 0 Å². The summed E-state index contributed by atoms with van der Waals surface area (Å²) in [7, 11) is 0. The summed E-state index contributed by atoms with van der Waals surface area (Å²) in [6.45, 7) is 4.72. The summed E-state index contributed by atoms with van der Waals surface area (Å²) >= 11 is 0. The lowest BCUT2D eigenvalue weighted by molar-refractivity contribution is -0.117. The molecule has 1 aliphatic carbocycles. The standard InChI is InChI=1S/C22H34N2O3/c1-2-3-11-26-12-13-27-16-17-7-6-9-19(14-17)23-22(25)21-15-18-8-4-5-10-20(18)24-21/h6-7,9,14,18,20-21,24H,2-5,8,10-13,15-16H2,1H3,(H,23,25). The van der Waals surface area contributed by atoms with Gasteiger partial charge in [-0.25, -0.2) is 0 Å². The number of ether oxygens (including phenoxy) is 2. The van der Waals surface area contributed by atoms with E-state index in [1.807, 2.05) is 24.3 Å². The molecule has 3 rings (SSSR count). The zero-order valence-corrected chi connectivity index (χ0v) is 16.5. The van der Waals surface area contributed by atoms with Gasteiger partial charge in [-0.1, -0.05) is 38.3 Å². The lowest BCUT2D eigenvalue weighted by Crippen LogP contribution is -2.39. The maximum absolute atomic E-state index is 12.6. The van der Waals surface area contributed by atoms with Gasteiger partial charge >= 0.3 is 0 Å². The van der Waals surface area contributed by atoms with Crippen LogP contribution in [-0.2, 0) is 20.9 Å². The normalized spacial score (nSPS) is 24.6. The number of carbonyl (C=O) groups is 1. The monoisotopic (exact) mass is 374 g/mol. The molecule has 1 aromatic carbocycles. The first-order valence-corrected chi connectivity index (χ1v) is 10.6.